The van der Waals surface area contributed by atoms with E-state index in [-0.39, 0.29) is 5.92 Å². The third-order valence-corrected chi connectivity index (χ3v) is 5.02. The molecule has 3 nitrogen and oxygen atoms in total. The van der Waals surface area contributed by atoms with Gasteiger partial charge in [-0.15, -0.1) is 0 Å². The number of likely N-dealkylation sites (tertiary alicyclic amines) is 1. The fourth-order valence-corrected chi connectivity index (χ4v) is 3.53. The third-order valence-electron chi connectivity index (χ3n) is 4.50. The summed E-state index contributed by atoms with van der Waals surface area (Å²) >= 11 is 3.45. The first-order valence-corrected chi connectivity index (χ1v) is 8.17. The zero-order valence-electron chi connectivity index (χ0n) is 11.8. The van der Waals surface area contributed by atoms with Crippen molar-refractivity contribution in [2.75, 3.05) is 26.7 Å². The van der Waals surface area contributed by atoms with E-state index >= 15 is 0 Å². The van der Waals surface area contributed by atoms with Gasteiger partial charge in [-0.25, -0.2) is 0 Å². The molecule has 1 aliphatic heterocycles. The van der Waals surface area contributed by atoms with Gasteiger partial charge in [0, 0.05) is 23.5 Å². The molecule has 1 aromatic carbocycles. The van der Waals surface area contributed by atoms with E-state index in [0.717, 1.165) is 36.9 Å². The largest absolute Gasteiger partial charge is 0.342 e. The molecule has 0 aromatic heterocycles. The van der Waals surface area contributed by atoms with Crippen LogP contribution >= 0.6 is 15.9 Å². The van der Waals surface area contributed by atoms with Gasteiger partial charge in [-0.05, 0) is 56.0 Å². The molecule has 1 N–H and O–H groups in total. The number of carbonyl (C=O) groups is 1. The highest BCUT2D eigenvalue weighted by Gasteiger charge is 2.46. The van der Waals surface area contributed by atoms with Crippen LogP contribution in [0.3, 0.4) is 0 Å². The number of nitrogens with one attached hydrogen (secondary N) is 1. The van der Waals surface area contributed by atoms with Crippen molar-refractivity contribution < 1.29 is 4.79 Å². The molecule has 1 saturated carbocycles. The Morgan fingerprint density at radius 1 is 1.40 bits per heavy atom. The SMILES string of the molecule is CNC[C@@H]1CCN(C(=O)[C@@H]2C[C@H]2c2ccc(Br)cc2)C1. The summed E-state index contributed by atoms with van der Waals surface area (Å²) in [6.07, 6.45) is 2.16. The summed E-state index contributed by atoms with van der Waals surface area (Å²) in [6, 6.07) is 8.40. The lowest BCUT2D eigenvalue weighted by Gasteiger charge is -2.16. The molecule has 0 radical (unpaired) electrons. The van der Waals surface area contributed by atoms with Crippen LogP contribution in [0.1, 0.15) is 24.3 Å². The Balaban J connectivity index is 1.56. The highest BCUT2D eigenvalue weighted by atomic mass is 79.9. The van der Waals surface area contributed by atoms with Crippen molar-refractivity contribution in [1.82, 2.24) is 10.2 Å². The molecule has 4 heteroatoms. The maximum atomic E-state index is 12.5. The number of nitrogens with zero attached hydrogens (tertiary/aromatic N) is 1. The first kappa shape index (κ1) is 14.1. The second kappa shape index (κ2) is 5.86. The summed E-state index contributed by atoms with van der Waals surface area (Å²) in [7, 11) is 1.98. The van der Waals surface area contributed by atoms with Crippen LogP contribution in [0.4, 0.5) is 0 Å². The van der Waals surface area contributed by atoms with E-state index < -0.39 is 0 Å². The summed E-state index contributed by atoms with van der Waals surface area (Å²) in [6.45, 7) is 2.89. The monoisotopic (exact) mass is 336 g/mol. The molecule has 2 aliphatic rings. The van der Waals surface area contributed by atoms with Crippen molar-refractivity contribution in [3.8, 4) is 0 Å². The van der Waals surface area contributed by atoms with Gasteiger partial charge in [0.2, 0.25) is 5.91 Å². The number of hydrogen-bond donors (Lipinski definition) is 1. The topological polar surface area (TPSA) is 32.3 Å². The number of rotatable bonds is 4. The smallest absolute Gasteiger partial charge is 0.226 e. The average Bonchev–Trinajstić information content (AvgIpc) is 3.11. The Hall–Kier alpha value is -0.870. The molecule has 3 atom stereocenters. The van der Waals surface area contributed by atoms with Gasteiger partial charge in [-0.1, -0.05) is 28.1 Å². The van der Waals surface area contributed by atoms with E-state index in [4.69, 9.17) is 0 Å². The summed E-state index contributed by atoms with van der Waals surface area (Å²) in [4.78, 5) is 14.6. The Morgan fingerprint density at radius 3 is 2.85 bits per heavy atom. The summed E-state index contributed by atoms with van der Waals surface area (Å²) in [5.74, 6) is 1.67. The fraction of sp³-hybridized carbons (Fsp3) is 0.562. The standard InChI is InChI=1S/C16H21BrN2O/c1-18-9-11-6-7-19(10-11)16(20)15-8-14(15)12-2-4-13(17)5-3-12/h2-5,11,14-15,18H,6-10H2,1H3/t11-,14-,15+/m0/s1. The quantitative estimate of drug-likeness (QED) is 0.916. The lowest BCUT2D eigenvalue weighted by atomic mass is 10.1. The van der Waals surface area contributed by atoms with Gasteiger partial charge in [-0.3, -0.25) is 4.79 Å². The van der Waals surface area contributed by atoms with Crippen molar-refractivity contribution in [2.45, 2.75) is 18.8 Å². The minimum absolute atomic E-state index is 0.226. The molecule has 0 spiro atoms. The summed E-state index contributed by atoms with van der Waals surface area (Å²) in [5.41, 5.74) is 1.30. The zero-order valence-corrected chi connectivity index (χ0v) is 13.4. The molecule has 0 unspecified atom stereocenters. The number of carbonyl (C=O) groups excluding carboxylic acids is 1. The highest BCUT2D eigenvalue weighted by Crippen LogP contribution is 2.49. The van der Waals surface area contributed by atoms with Crippen molar-refractivity contribution >= 4 is 21.8 Å². The predicted molar refractivity (Wildman–Crippen MR) is 83.6 cm³/mol. The van der Waals surface area contributed by atoms with Crippen LogP contribution in [0.5, 0.6) is 0 Å². The Labute approximate surface area is 128 Å². The summed E-state index contributed by atoms with van der Waals surface area (Å²) in [5, 5.41) is 3.21. The van der Waals surface area contributed by atoms with Gasteiger partial charge >= 0.3 is 0 Å². The van der Waals surface area contributed by atoms with Crippen LogP contribution in [-0.2, 0) is 4.79 Å². The van der Waals surface area contributed by atoms with Crippen LogP contribution in [0.25, 0.3) is 0 Å². The van der Waals surface area contributed by atoms with Crippen molar-refractivity contribution in [2.24, 2.45) is 11.8 Å². The molecule has 0 bridgehead atoms. The molecule has 1 aliphatic carbocycles. The maximum absolute atomic E-state index is 12.5. The molecular weight excluding hydrogens is 316 g/mol. The molecule has 1 aromatic rings. The Bertz CT molecular complexity index is 488. The van der Waals surface area contributed by atoms with Gasteiger partial charge in [-0.2, -0.15) is 0 Å². The van der Waals surface area contributed by atoms with Crippen LogP contribution < -0.4 is 5.32 Å². The van der Waals surface area contributed by atoms with Crippen molar-refractivity contribution in [3.63, 3.8) is 0 Å². The minimum atomic E-state index is 0.226. The van der Waals surface area contributed by atoms with Crippen LogP contribution in [0.2, 0.25) is 0 Å². The molecule has 108 valence electrons. The van der Waals surface area contributed by atoms with Gasteiger partial charge in [0.05, 0.1) is 0 Å². The molecule has 1 amide bonds. The van der Waals surface area contributed by atoms with Gasteiger partial charge in [0.25, 0.3) is 0 Å². The number of hydrogen-bond acceptors (Lipinski definition) is 2. The van der Waals surface area contributed by atoms with E-state index in [1.54, 1.807) is 0 Å². The second-order valence-corrected chi connectivity index (χ2v) is 6.91. The molecule has 1 saturated heterocycles. The lowest BCUT2D eigenvalue weighted by Crippen LogP contribution is -2.31. The Kier molecular flexibility index (Phi) is 4.13. The third kappa shape index (κ3) is 2.91. The van der Waals surface area contributed by atoms with E-state index in [1.165, 1.54) is 5.56 Å². The van der Waals surface area contributed by atoms with Crippen molar-refractivity contribution in [1.29, 1.82) is 0 Å². The molecule has 1 heterocycles. The number of benzene rings is 1. The molecule has 20 heavy (non-hydrogen) atoms. The maximum Gasteiger partial charge on any atom is 0.226 e. The van der Waals surface area contributed by atoms with Gasteiger partial charge in [0.15, 0.2) is 0 Å². The van der Waals surface area contributed by atoms with Crippen LogP contribution in [0, 0.1) is 11.8 Å². The normalized spacial score (nSPS) is 28.7. The first-order valence-electron chi connectivity index (χ1n) is 7.38. The molecule has 3 rings (SSSR count). The van der Waals surface area contributed by atoms with Gasteiger partial charge < -0.3 is 10.2 Å². The van der Waals surface area contributed by atoms with E-state index in [9.17, 15) is 4.79 Å². The number of halogens is 1. The number of amides is 1. The average molecular weight is 337 g/mol. The highest BCUT2D eigenvalue weighted by molar-refractivity contribution is 9.10. The minimum Gasteiger partial charge on any atom is -0.342 e. The zero-order chi connectivity index (χ0) is 14.1. The fourth-order valence-electron chi connectivity index (χ4n) is 3.27. The van der Waals surface area contributed by atoms with E-state index in [1.807, 2.05) is 7.05 Å². The van der Waals surface area contributed by atoms with Crippen LogP contribution in [-0.4, -0.2) is 37.5 Å². The van der Waals surface area contributed by atoms with E-state index in [2.05, 4.69) is 50.4 Å². The second-order valence-electron chi connectivity index (χ2n) is 6.00. The van der Waals surface area contributed by atoms with Crippen LogP contribution in [0.15, 0.2) is 28.7 Å². The van der Waals surface area contributed by atoms with E-state index in [0.29, 0.717) is 17.7 Å². The Morgan fingerprint density at radius 2 is 2.15 bits per heavy atom. The van der Waals surface area contributed by atoms with Crippen molar-refractivity contribution in [3.05, 3.63) is 34.3 Å². The van der Waals surface area contributed by atoms with Gasteiger partial charge in [0.1, 0.15) is 0 Å². The lowest BCUT2D eigenvalue weighted by molar-refractivity contribution is -0.131. The predicted octanol–water partition coefficient (Wildman–Crippen LogP) is 2.62. The first-order chi connectivity index (χ1) is 9.69. The summed E-state index contributed by atoms with van der Waals surface area (Å²) < 4.78 is 1.10. The molecule has 2 fully saturated rings. The molecular formula is C16H21BrN2O.